The third-order valence-electron chi connectivity index (χ3n) is 5.33. The highest BCUT2D eigenvalue weighted by atomic mass is 16.3. The third-order valence-corrected chi connectivity index (χ3v) is 5.33. The number of piperidine rings is 1. The topological polar surface area (TPSA) is 43.8 Å². The largest absolute Gasteiger partial charge is 0.390 e. The van der Waals surface area contributed by atoms with Crippen molar-refractivity contribution >= 4 is 5.91 Å². The first kappa shape index (κ1) is 13.4. The quantitative estimate of drug-likeness (QED) is 0.818. The van der Waals surface area contributed by atoms with E-state index < -0.39 is 5.60 Å². The molecule has 19 heavy (non-hydrogen) atoms. The fourth-order valence-corrected chi connectivity index (χ4v) is 4.04. The van der Waals surface area contributed by atoms with Gasteiger partial charge in [-0.15, -0.1) is 0 Å². The van der Waals surface area contributed by atoms with Crippen molar-refractivity contribution in [1.82, 2.24) is 9.80 Å². The molecule has 2 heterocycles. The van der Waals surface area contributed by atoms with Crippen molar-refractivity contribution in [3.63, 3.8) is 0 Å². The number of likely N-dealkylation sites (tertiary alicyclic amines) is 2. The predicted molar refractivity (Wildman–Crippen MR) is 73.8 cm³/mol. The molecule has 0 aromatic rings. The van der Waals surface area contributed by atoms with Crippen molar-refractivity contribution in [1.29, 1.82) is 0 Å². The van der Waals surface area contributed by atoms with Crippen LogP contribution in [-0.2, 0) is 4.79 Å². The molecule has 0 bridgehead atoms. The van der Waals surface area contributed by atoms with E-state index in [2.05, 4.69) is 4.90 Å². The molecule has 3 aliphatic rings. The van der Waals surface area contributed by atoms with Crippen LogP contribution in [0.4, 0.5) is 0 Å². The van der Waals surface area contributed by atoms with Gasteiger partial charge in [0.1, 0.15) is 0 Å². The maximum atomic E-state index is 12.2. The molecule has 0 radical (unpaired) electrons. The Labute approximate surface area is 115 Å². The predicted octanol–water partition coefficient (Wildman–Crippen LogP) is 1.24. The van der Waals surface area contributed by atoms with E-state index in [-0.39, 0.29) is 0 Å². The molecule has 1 aliphatic carbocycles. The van der Waals surface area contributed by atoms with E-state index in [1.54, 1.807) is 0 Å². The lowest BCUT2D eigenvalue weighted by Crippen LogP contribution is -2.55. The second-order valence-corrected chi connectivity index (χ2v) is 6.62. The Morgan fingerprint density at radius 3 is 2.68 bits per heavy atom. The van der Waals surface area contributed by atoms with Crippen molar-refractivity contribution < 1.29 is 9.90 Å². The summed E-state index contributed by atoms with van der Waals surface area (Å²) < 4.78 is 0. The number of carbonyl (C=O) groups excluding carboxylic acids is 1. The van der Waals surface area contributed by atoms with Crippen molar-refractivity contribution in [2.45, 2.75) is 50.5 Å². The van der Waals surface area contributed by atoms with E-state index in [0.29, 0.717) is 18.4 Å². The van der Waals surface area contributed by atoms with Crippen LogP contribution >= 0.6 is 0 Å². The van der Waals surface area contributed by atoms with E-state index in [1.165, 1.54) is 12.8 Å². The zero-order valence-corrected chi connectivity index (χ0v) is 11.8. The number of rotatable bonds is 2. The summed E-state index contributed by atoms with van der Waals surface area (Å²) in [6.45, 7) is 4.25. The van der Waals surface area contributed by atoms with Crippen molar-refractivity contribution in [2.75, 3.05) is 32.7 Å². The van der Waals surface area contributed by atoms with Crippen LogP contribution in [0, 0.1) is 5.92 Å². The van der Waals surface area contributed by atoms with E-state index in [9.17, 15) is 9.90 Å². The fraction of sp³-hybridized carbons (Fsp3) is 0.933. The molecule has 108 valence electrons. The summed E-state index contributed by atoms with van der Waals surface area (Å²) in [7, 11) is 0. The number of aliphatic hydroxyl groups is 1. The van der Waals surface area contributed by atoms with E-state index in [0.717, 1.165) is 58.3 Å². The molecule has 1 amide bonds. The third kappa shape index (κ3) is 2.79. The zero-order chi connectivity index (χ0) is 13.3. The maximum absolute atomic E-state index is 12.2. The van der Waals surface area contributed by atoms with Crippen LogP contribution < -0.4 is 0 Å². The van der Waals surface area contributed by atoms with E-state index in [1.807, 2.05) is 4.90 Å². The molecular formula is C15H26N2O2. The fourth-order valence-electron chi connectivity index (χ4n) is 4.04. The van der Waals surface area contributed by atoms with Gasteiger partial charge in [-0.3, -0.25) is 9.69 Å². The van der Waals surface area contributed by atoms with Crippen LogP contribution in [0.1, 0.15) is 44.9 Å². The van der Waals surface area contributed by atoms with Gasteiger partial charge in [0.15, 0.2) is 0 Å². The van der Waals surface area contributed by atoms with Gasteiger partial charge in [0.2, 0.25) is 5.91 Å². The van der Waals surface area contributed by atoms with Crippen molar-refractivity contribution in [3.8, 4) is 0 Å². The molecule has 0 aromatic carbocycles. The Morgan fingerprint density at radius 2 is 1.89 bits per heavy atom. The van der Waals surface area contributed by atoms with Crippen LogP contribution in [0.25, 0.3) is 0 Å². The normalized spacial score (nSPS) is 36.3. The Bertz CT molecular complexity index is 341. The van der Waals surface area contributed by atoms with Crippen molar-refractivity contribution in [3.05, 3.63) is 0 Å². The summed E-state index contributed by atoms with van der Waals surface area (Å²) in [5.41, 5.74) is -0.425. The first-order chi connectivity index (χ1) is 9.17. The second kappa shape index (κ2) is 5.41. The summed E-state index contributed by atoms with van der Waals surface area (Å²) in [5.74, 6) is 0.681. The van der Waals surface area contributed by atoms with Gasteiger partial charge in [-0.05, 0) is 32.1 Å². The van der Waals surface area contributed by atoms with Crippen molar-refractivity contribution in [2.24, 2.45) is 5.92 Å². The number of fused-ring (bicyclic) bond motifs is 1. The lowest BCUT2D eigenvalue weighted by Gasteiger charge is -2.47. The van der Waals surface area contributed by atoms with Crippen LogP contribution in [0.15, 0.2) is 0 Å². The molecule has 1 saturated carbocycles. The van der Waals surface area contributed by atoms with E-state index >= 15 is 0 Å². The number of hydrogen-bond donors (Lipinski definition) is 1. The molecule has 2 saturated heterocycles. The monoisotopic (exact) mass is 266 g/mol. The summed E-state index contributed by atoms with van der Waals surface area (Å²) >= 11 is 0. The Kier molecular flexibility index (Phi) is 3.81. The van der Waals surface area contributed by atoms with Crippen LogP contribution in [0.3, 0.4) is 0 Å². The number of nitrogens with zero attached hydrogens (tertiary/aromatic N) is 2. The molecule has 1 N–H and O–H groups in total. The summed E-state index contributed by atoms with van der Waals surface area (Å²) in [6, 6.07) is 0. The van der Waals surface area contributed by atoms with Gasteiger partial charge in [-0.1, -0.05) is 12.8 Å². The number of hydrogen-bond acceptors (Lipinski definition) is 3. The molecule has 2 unspecified atom stereocenters. The number of amides is 1. The van der Waals surface area contributed by atoms with Crippen LogP contribution in [0.5, 0.6) is 0 Å². The molecular weight excluding hydrogens is 240 g/mol. The first-order valence-electron chi connectivity index (χ1n) is 7.90. The van der Waals surface area contributed by atoms with Crippen LogP contribution in [0.2, 0.25) is 0 Å². The van der Waals surface area contributed by atoms with Crippen LogP contribution in [-0.4, -0.2) is 59.1 Å². The molecule has 4 heteroatoms. The maximum Gasteiger partial charge on any atom is 0.236 e. The van der Waals surface area contributed by atoms with Gasteiger partial charge in [-0.2, -0.15) is 0 Å². The van der Waals surface area contributed by atoms with Gasteiger partial charge in [0.05, 0.1) is 12.1 Å². The highest BCUT2D eigenvalue weighted by molar-refractivity contribution is 5.78. The van der Waals surface area contributed by atoms with Gasteiger partial charge >= 0.3 is 0 Å². The smallest absolute Gasteiger partial charge is 0.236 e. The molecule has 0 spiro atoms. The highest BCUT2D eigenvalue weighted by Gasteiger charge is 2.43. The lowest BCUT2D eigenvalue weighted by atomic mass is 9.71. The minimum Gasteiger partial charge on any atom is -0.390 e. The minimum atomic E-state index is -0.425. The molecule has 3 fully saturated rings. The number of carbonyl (C=O) groups is 1. The SMILES string of the molecule is O=C(CN1CCC2(O)CCCCC2C1)N1CCCC1. The average Bonchev–Trinajstić information content (AvgIpc) is 2.93. The lowest BCUT2D eigenvalue weighted by molar-refractivity contribution is -0.135. The minimum absolute atomic E-state index is 0.291. The second-order valence-electron chi connectivity index (χ2n) is 6.62. The zero-order valence-electron chi connectivity index (χ0n) is 11.8. The Balaban J connectivity index is 1.54. The molecule has 4 nitrogen and oxygen atoms in total. The highest BCUT2D eigenvalue weighted by Crippen LogP contribution is 2.39. The average molecular weight is 266 g/mol. The Hall–Kier alpha value is -0.610. The summed E-state index contributed by atoms with van der Waals surface area (Å²) in [4.78, 5) is 16.4. The molecule has 2 atom stereocenters. The van der Waals surface area contributed by atoms with Gasteiger partial charge < -0.3 is 10.0 Å². The standard InChI is InChI=1S/C15H26N2O2/c18-14(17-8-3-4-9-17)12-16-10-7-15(19)6-2-1-5-13(15)11-16/h13,19H,1-12H2. The van der Waals surface area contributed by atoms with Gasteiger partial charge in [0, 0.05) is 32.1 Å². The van der Waals surface area contributed by atoms with Gasteiger partial charge in [0.25, 0.3) is 0 Å². The molecule has 2 aliphatic heterocycles. The summed E-state index contributed by atoms with van der Waals surface area (Å²) in [6.07, 6.45) is 7.67. The summed E-state index contributed by atoms with van der Waals surface area (Å²) in [5, 5.41) is 10.6. The van der Waals surface area contributed by atoms with E-state index in [4.69, 9.17) is 0 Å². The van der Waals surface area contributed by atoms with Gasteiger partial charge in [-0.25, -0.2) is 0 Å². The molecule has 3 rings (SSSR count). The first-order valence-corrected chi connectivity index (χ1v) is 7.90. The molecule has 0 aromatic heterocycles. The Morgan fingerprint density at radius 1 is 1.11 bits per heavy atom.